The van der Waals surface area contributed by atoms with Crippen LogP contribution in [0, 0.1) is 11.8 Å². The Morgan fingerprint density at radius 2 is 2.06 bits per heavy atom. The second-order valence-electron chi connectivity index (χ2n) is 5.13. The van der Waals surface area contributed by atoms with E-state index in [1.165, 1.54) is 25.7 Å². The molecular weight excluding hydrogens is 280 g/mol. The average molecular weight is 297 g/mol. The summed E-state index contributed by atoms with van der Waals surface area (Å²) in [5.74, 6) is 3.38. The summed E-state index contributed by atoms with van der Waals surface area (Å²) in [5.41, 5.74) is 0. The molecule has 0 amide bonds. The van der Waals surface area contributed by atoms with Crippen LogP contribution >= 0.6 is 15.9 Å². The fraction of sp³-hybridized carbons (Fsp3) is 0.571. The van der Waals surface area contributed by atoms with Crippen LogP contribution in [0.4, 0.5) is 0 Å². The molecule has 0 radical (unpaired) electrons. The first kappa shape index (κ1) is 11.4. The molecule has 2 aliphatic rings. The molecule has 0 unspecified atom stereocenters. The monoisotopic (exact) mass is 296 g/mol. The molecule has 2 fully saturated rings. The molecule has 2 nitrogen and oxygen atoms in total. The maximum Gasteiger partial charge on any atom is 0.162 e. The number of rotatable bonds is 3. The molecule has 3 heteroatoms. The quantitative estimate of drug-likeness (QED) is 0.838. The lowest BCUT2D eigenvalue weighted by Crippen LogP contribution is -2.23. The third-order valence-electron chi connectivity index (χ3n) is 4.08. The minimum atomic E-state index is 0.400. The van der Waals surface area contributed by atoms with Gasteiger partial charge in [0.15, 0.2) is 11.5 Å². The van der Waals surface area contributed by atoms with Gasteiger partial charge in [-0.2, -0.15) is 0 Å². The van der Waals surface area contributed by atoms with Gasteiger partial charge >= 0.3 is 0 Å². The molecular formula is C14H17BrO2. The van der Waals surface area contributed by atoms with Crippen LogP contribution in [0.2, 0.25) is 0 Å². The van der Waals surface area contributed by atoms with E-state index in [2.05, 4.69) is 15.9 Å². The van der Waals surface area contributed by atoms with Crippen molar-refractivity contribution in [1.29, 1.82) is 0 Å². The van der Waals surface area contributed by atoms with Gasteiger partial charge in [0.1, 0.15) is 6.10 Å². The number of ether oxygens (including phenoxy) is 2. The Kier molecular flexibility index (Phi) is 3.03. The molecule has 0 spiro atoms. The van der Waals surface area contributed by atoms with E-state index in [1.807, 2.05) is 18.2 Å². The Hall–Kier alpha value is -0.700. The van der Waals surface area contributed by atoms with Crippen LogP contribution in [0.1, 0.15) is 25.7 Å². The van der Waals surface area contributed by atoms with Gasteiger partial charge in [-0.05, 0) is 55.7 Å². The van der Waals surface area contributed by atoms with E-state index in [0.29, 0.717) is 6.10 Å². The first-order valence-electron chi connectivity index (χ1n) is 6.26. The van der Waals surface area contributed by atoms with Crippen LogP contribution in [0.5, 0.6) is 11.5 Å². The first-order valence-corrected chi connectivity index (χ1v) is 7.06. The lowest BCUT2D eigenvalue weighted by atomic mass is 9.98. The van der Waals surface area contributed by atoms with Gasteiger partial charge < -0.3 is 9.47 Å². The van der Waals surface area contributed by atoms with Crippen molar-refractivity contribution in [2.45, 2.75) is 31.8 Å². The fourth-order valence-electron chi connectivity index (χ4n) is 3.24. The Morgan fingerprint density at radius 3 is 2.71 bits per heavy atom. The lowest BCUT2D eigenvalue weighted by Gasteiger charge is -2.24. The minimum absolute atomic E-state index is 0.400. The summed E-state index contributed by atoms with van der Waals surface area (Å²) in [6, 6.07) is 5.93. The molecule has 2 aliphatic carbocycles. The van der Waals surface area contributed by atoms with Crippen LogP contribution < -0.4 is 9.47 Å². The van der Waals surface area contributed by atoms with E-state index >= 15 is 0 Å². The Labute approximate surface area is 110 Å². The van der Waals surface area contributed by atoms with E-state index in [-0.39, 0.29) is 0 Å². The Morgan fingerprint density at radius 1 is 1.18 bits per heavy atom. The largest absolute Gasteiger partial charge is 0.493 e. The van der Waals surface area contributed by atoms with Gasteiger partial charge in [-0.15, -0.1) is 0 Å². The van der Waals surface area contributed by atoms with Gasteiger partial charge in [0.2, 0.25) is 0 Å². The maximum atomic E-state index is 6.16. The number of benzene rings is 1. The van der Waals surface area contributed by atoms with E-state index < -0.39 is 0 Å². The second-order valence-corrected chi connectivity index (χ2v) is 6.04. The molecule has 2 saturated carbocycles. The van der Waals surface area contributed by atoms with Gasteiger partial charge in [0, 0.05) is 4.47 Å². The highest BCUT2D eigenvalue weighted by molar-refractivity contribution is 9.10. The molecule has 1 aromatic rings. The molecule has 1 aromatic carbocycles. The second kappa shape index (κ2) is 4.52. The van der Waals surface area contributed by atoms with Crippen molar-refractivity contribution >= 4 is 15.9 Å². The van der Waals surface area contributed by atoms with Crippen molar-refractivity contribution in [1.82, 2.24) is 0 Å². The molecule has 0 aliphatic heterocycles. The Balaban J connectivity index is 1.78. The van der Waals surface area contributed by atoms with Gasteiger partial charge in [-0.25, -0.2) is 0 Å². The topological polar surface area (TPSA) is 18.5 Å². The number of fused-ring (bicyclic) bond motifs is 2. The van der Waals surface area contributed by atoms with E-state index in [9.17, 15) is 0 Å². The standard InChI is InChI=1S/C14H17BrO2/c1-16-12-5-4-11(15)8-14(12)17-13-7-9-2-3-10(13)6-9/h4-5,8-10,13H,2-3,6-7H2,1H3/t9-,10+,13+/m0/s1. The summed E-state index contributed by atoms with van der Waals surface area (Å²) in [7, 11) is 1.69. The Bertz CT molecular complexity index is 419. The van der Waals surface area contributed by atoms with Crippen molar-refractivity contribution in [2.24, 2.45) is 11.8 Å². The fourth-order valence-corrected chi connectivity index (χ4v) is 3.58. The number of halogens is 1. The van der Waals surface area contributed by atoms with E-state index in [4.69, 9.17) is 9.47 Å². The van der Waals surface area contributed by atoms with Crippen LogP contribution in [0.3, 0.4) is 0 Å². The minimum Gasteiger partial charge on any atom is -0.493 e. The molecule has 0 N–H and O–H groups in total. The number of methoxy groups -OCH3 is 1. The summed E-state index contributed by atoms with van der Waals surface area (Å²) in [4.78, 5) is 0. The zero-order chi connectivity index (χ0) is 11.8. The van der Waals surface area contributed by atoms with E-state index in [1.54, 1.807) is 7.11 Å². The van der Waals surface area contributed by atoms with Crippen molar-refractivity contribution in [2.75, 3.05) is 7.11 Å². The smallest absolute Gasteiger partial charge is 0.162 e. The molecule has 2 bridgehead atoms. The number of hydrogen-bond acceptors (Lipinski definition) is 2. The van der Waals surface area contributed by atoms with Gasteiger partial charge in [-0.3, -0.25) is 0 Å². The summed E-state index contributed by atoms with van der Waals surface area (Å²) >= 11 is 3.48. The molecule has 3 rings (SSSR count). The highest BCUT2D eigenvalue weighted by atomic mass is 79.9. The van der Waals surface area contributed by atoms with Crippen LogP contribution in [0.15, 0.2) is 22.7 Å². The van der Waals surface area contributed by atoms with E-state index in [0.717, 1.165) is 27.8 Å². The molecule has 0 saturated heterocycles. The van der Waals surface area contributed by atoms with Gasteiger partial charge in [0.05, 0.1) is 7.11 Å². The normalized spacial score (nSPS) is 30.6. The van der Waals surface area contributed by atoms with Crippen molar-refractivity contribution < 1.29 is 9.47 Å². The van der Waals surface area contributed by atoms with Crippen molar-refractivity contribution in [3.63, 3.8) is 0 Å². The zero-order valence-corrected chi connectivity index (χ0v) is 11.6. The predicted molar refractivity (Wildman–Crippen MR) is 70.6 cm³/mol. The third kappa shape index (κ3) is 2.17. The molecule has 17 heavy (non-hydrogen) atoms. The molecule has 3 atom stereocenters. The summed E-state index contributed by atoms with van der Waals surface area (Å²) < 4.78 is 12.5. The van der Waals surface area contributed by atoms with Crippen molar-refractivity contribution in [3.8, 4) is 11.5 Å². The molecule has 92 valence electrons. The van der Waals surface area contributed by atoms with Gasteiger partial charge in [0.25, 0.3) is 0 Å². The predicted octanol–water partition coefficient (Wildman–Crippen LogP) is 4.03. The van der Waals surface area contributed by atoms with Crippen molar-refractivity contribution in [3.05, 3.63) is 22.7 Å². The average Bonchev–Trinajstić information content (AvgIpc) is 2.91. The lowest BCUT2D eigenvalue weighted by molar-refractivity contribution is 0.133. The van der Waals surface area contributed by atoms with Crippen LogP contribution in [0.25, 0.3) is 0 Å². The zero-order valence-electron chi connectivity index (χ0n) is 9.99. The summed E-state index contributed by atoms with van der Waals surface area (Å²) in [5, 5.41) is 0. The molecule has 0 aromatic heterocycles. The highest BCUT2D eigenvalue weighted by Crippen LogP contribution is 2.47. The SMILES string of the molecule is COc1ccc(Br)cc1O[C@@H]1C[C@H]2CC[C@@H]1C2. The maximum absolute atomic E-state index is 6.16. The number of hydrogen-bond donors (Lipinski definition) is 0. The highest BCUT2D eigenvalue weighted by Gasteiger charge is 2.41. The first-order chi connectivity index (χ1) is 8.26. The summed E-state index contributed by atoms with van der Waals surface area (Å²) in [6.07, 6.45) is 5.73. The van der Waals surface area contributed by atoms with Crippen LogP contribution in [-0.4, -0.2) is 13.2 Å². The third-order valence-corrected chi connectivity index (χ3v) is 4.57. The van der Waals surface area contributed by atoms with Crippen LogP contribution in [-0.2, 0) is 0 Å². The summed E-state index contributed by atoms with van der Waals surface area (Å²) in [6.45, 7) is 0. The molecule has 0 heterocycles. The van der Waals surface area contributed by atoms with Gasteiger partial charge in [-0.1, -0.05) is 15.9 Å².